The monoisotopic (exact) mass is 303 g/mol. The van der Waals surface area contributed by atoms with E-state index in [2.05, 4.69) is 37.2 Å². The van der Waals surface area contributed by atoms with Crippen LogP contribution in [0.2, 0.25) is 0 Å². The molecule has 0 aliphatic heterocycles. The van der Waals surface area contributed by atoms with Crippen LogP contribution in [0.4, 0.5) is 5.69 Å². The molecule has 0 saturated carbocycles. The molecule has 0 amide bonds. The van der Waals surface area contributed by atoms with Gasteiger partial charge in [0.1, 0.15) is 0 Å². The molecule has 2 rings (SSSR count). The predicted octanol–water partition coefficient (Wildman–Crippen LogP) is 4.23. The molecular formula is C17H25N3S. The molecule has 0 saturated heterocycles. The van der Waals surface area contributed by atoms with Crippen molar-refractivity contribution in [3.8, 4) is 11.3 Å². The molecule has 0 bridgehead atoms. The number of aromatic nitrogens is 1. The first-order valence-corrected chi connectivity index (χ1v) is 8.48. The minimum Gasteiger partial charge on any atom is -0.399 e. The number of thiazole rings is 1. The Morgan fingerprint density at radius 3 is 2.90 bits per heavy atom. The van der Waals surface area contributed by atoms with Gasteiger partial charge in [0.15, 0.2) is 0 Å². The molecule has 0 aliphatic rings. The van der Waals surface area contributed by atoms with Crippen molar-refractivity contribution < 1.29 is 0 Å². The van der Waals surface area contributed by atoms with Gasteiger partial charge in [-0.05, 0) is 32.1 Å². The summed E-state index contributed by atoms with van der Waals surface area (Å²) >= 11 is 1.75. The minimum absolute atomic E-state index is 0.465. The van der Waals surface area contributed by atoms with Crippen LogP contribution in [0.3, 0.4) is 0 Å². The smallest absolute Gasteiger partial charge is 0.0973 e. The zero-order valence-electron chi connectivity index (χ0n) is 13.2. The van der Waals surface area contributed by atoms with E-state index in [1.807, 2.05) is 18.2 Å². The lowest BCUT2D eigenvalue weighted by Gasteiger charge is -2.19. The summed E-state index contributed by atoms with van der Waals surface area (Å²) < 4.78 is 0. The Hall–Kier alpha value is -1.39. The van der Waals surface area contributed by atoms with Crippen molar-refractivity contribution in [2.75, 3.05) is 25.9 Å². The molecule has 0 fully saturated rings. The van der Waals surface area contributed by atoms with E-state index < -0.39 is 0 Å². The number of anilines is 1. The third-order valence-corrected chi connectivity index (χ3v) is 4.68. The highest BCUT2D eigenvalue weighted by Gasteiger charge is 2.13. The van der Waals surface area contributed by atoms with Crippen LogP contribution in [0.1, 0.15) is 37.6 Å². The quantitative estimate of drug-likeness (QED) is 0.778. The van der Waals surface area contributed by atoms with E-state index in [4.69, 9.17) is 10.7 Å². The molecule has 1 aromatic heterocycles. The van der Waals surface area contributed by atoms with E-state index >= 15 is 0 Å². The van der Waals surface area contributed by atoms with Crippen LogP contribution >= 0.6 is 11.3 Å². The Bertz CT molecular complexity index is 565. The largest absolute Gasteiger partial charge is 0.399 e. The maximum Gasteiger partial charge on any atom is 0.0973 e. The van der Waals surface area contributed by atoms with Crippen LogP contribution in [0.5, 0.6) is 0 Å². The zero-order chi connectivity index (χ0) is 15.2. The molecule has 114 valence electrons. The Labute approximate surface area is 131 Å². The number of hydrogen-bond acceptors (Lipinski definition) is 4. The van der Waals surface area contributed by atoms with E-state index in [0.29, 0.717) is 5.92 Å². The average Bonchev–Trinajstić information content (AvgIpc) is 2.95. The van der Waals surface area contributed by atoms with Gasteiger partial charge in [-0.2, -0.15) is 0 Å². The van der Waals surface area contributed by atoms with Crippen LogP contribution < -0.4 is 5.73 Å². The van der Waals surface area contributed by atoms with Crippen molar-refractivity contribution in [2.45, 2.75) is 32.6 Å². The summed E-state index contributed by atoms with van der Waals surface area (Å²) in [5, 5.41) is 3.34. The fourth-order valence-electron chi connectivity index (χ4n) is 2.41. The number of hydrogen-bond donors (Lipinski definition) is 1. The van der Waals surface area contributed by atoms with E-state index in [9.17, 15) is 0 Å². The van der Waals surface area contributed by atoms with Gasteiger partial charge in [0.05, 0.1) is 10.7 Å². The summed E-state index contributed by atoms with van der Waals surface area (Å²) in [6, 6.07) is 7.93. The second kappa shape index (κ2) is 7.57. The van der Waals surface area contributed by atoms with Gasteiger partial charge in [0.25, 0.3) is 0 Å². The predicted molar refractivity (Wildman–Crippen MR) is 92.8 cm³/mol. The molecule has 1 unspecified atom stereocenters. The van der Waals surface area contributed by atoms with Gasteiger partial charge in [0, 0.05) is 29.1 Å². The summed E-state index contributed by atoms with van der Waals surface area (Å²) in [7, 11) is 2.19. The number of rotatable bonds is 7. The molecule has 21 heavy (non-hydrogen) atoms. The van der Waals surface area contributed by atoms with Crippen molar-refractivity contribution in [1.82, 2.24) is 9.88 Å². The Kier molecular flexibility index (Phi) is 5.76. The van der Waals surface area contributed by atoms with Crippen LogP contribution in [0.25, 0.3) is 11.3 Å². The molecule has 1 heterocycles. The molecule has 0 aliphatic carbocycles. The van der Waals surface area contributed by atoms with Crippen LogP contribution in [-0.4, -0.2) is 30.0 Å². The summed E-state index contributed by atoms with van der Waals surface area (Å²) in [5.74, 6) is 0.465. The van der Waals surface area contributed by atoms with Gasteiger partial charge in [-0.1, -0.05) is 32.4 Å². The Balaban J connectivity index is 2.02. The van der Waals surface area contributed by atoms with Crippen molar-refractivity contribution >= 4 is 17.0 Å². The lowest BCUT2D eigenvalue weighted by Crippen LogP contribution is -2.24. The van der Waals surface area contributed by atoms with Crippen LogP contribution in [-0.2, 0) is 0 Å². The molecule has 1 aromatic carbocycles. The van der Waals surface area contributed by atoms with Gasteiger partial charge in [-0.15, -0.1) is 11.3 Å². The first kappa shape index (κ1) is 16.0. The number of unbranched alkanes of at least 4 members (excludes halogenated alkanes) is 1. The average molecular weight is 303 g/mol. The highest BCUT2D eigenvalue weighted by atomic mass is 32.1. The maximum atomic E-state index is 5.84. The van der Waals surface area contributed by atoms with E-state index in [1.54, 1.807) is 11.3 Å². The lowest BCUT2D eigenvalue weighted by atomic mass is 10.1. The van der Waals surface area contributed by atoms with Crippen LogP contribution in [0.15, 0.2) is 29.6 Å². The second-order valence-electron chi connectivity index (χ2n) is 5.71. The fraction of sp³-hybridized carbons (Fsp3) is 0.471. The number of likely N-dealkylation sites (N-methyl/N-ethyl adjacent to an activating group) is 1. The van der Waals surface area contributed by atoms with Gasteiger partial charge in [-0.3, -0.25) is 0 Å². The number of nitrogens with two attached hydrogens (primary N) is 1. The van der Waals surface area contributed by atoms with Crippen molar-refractivity contribution in [1.29, 1.82) is 0 Å². The topological polar surface area (TPSA) is 42.2 Å². The second-order valence-corrected chi connectivity index (χ2v) is 6.60. The standard InChI is InChI=1S/C17H25N3S/c1-4-5-9-20(3)11-13(2)17-19-16(12-21-17)14-7-6-8-15(18)10-14/h6-8,10,12-13H,4-5,9,11,18H2,1-3H3. The zero-order valence-corrected chi connectivity index (χ0v) is 14.0. The first-order chi connectivity index (χ1) is 10.1. The van der Waals surface area contributed by atoms with Gasteiger partial charge < -0.3 is 10.6 Å². The maximum absolute atomic E-state index is 5.84. The highest BCUT2D eigenvalue weighted by molar-refractivity contribution is 7.10. The number of nitrogens with zero attached hydrogens (tertiary/aromatic N) is 2. The van der Waals surface area contributed by atoms with Gasteiger partial charge in [0.2, 0.25) is 0 Å². The van der Waals surface area contributed by atoms with Gasteiger partial charge in [-0.25, -0.2) is 4.98 Å². The van der Waals surface area contributed by atoms with E-state index in [0.717, 1.165) is 30.0 Å². The molecule has 1 atom stereocenters. The molecule has 3 nitrogen and oxygen atoms in total. The molecule has 0 radical (unpaired) electrons. The Morgan fingerprint density at radius 2 is 2.19 bits per heavy atom. The molecule has 4 heteroatoms. The van der Waals surface area contributed by atoms with Gasteiger partial charge >= 0.3 is 0 Å². The number of nitrogen functional groups attached to an aromatic ring is 1. The molecular weight excluding hydrogens is 278 g/mol. The lowest BCUT2D eigenvalue weighted by molar-refractivity contribution is 0.311. The normalized spacial score (nSPS) is 12.8. The van der Waals surface area contributed by atoms with Crippen molar-refractivity contribution in [2.24, 2.45) is 0 Å². The van der Waals surface area contributed by atoms with Crippen molar-refractivity contribution in [3.63, 3.8) is 0 Å². The summed E-state index contributed by atoms with van der Waals surface area (Å²) in [6.07, 6.45) is 2.51. The highest BCUT2D eigenvalue weighted by Crippen LogP contribution is 2.27. The van der Waals surface area contributed by atoms with Crippen molar-refractivity contribution in [3.05, 3.63) is 34.7 Å². The minimum atomic E-state index is 0.465. The summed E-state index contributed by atoms with van der Waals surface area (Å²) in [4.78, 5) is 7.19. The van der Waals surface area contributed by atoms with Crippen LogP contribution in [0, 0.1) is 0 Å². The van der Waals surface area contributed by atoms with E-state index in [-0.39, 0.29) is 0 Å². The molecule has 2 aromatic rings. The molecule has 2 N–H and O–H groups in total. The third kappa shape index (κ3) is 4.55. The summed E-state index contributed by atoms with van der Waals surface area (Å²) in [5.41, 5.74) is 8.76. The van der Waals surface area contributed by atoms with E-state index in [1.165, 1.54) is 17.8 Å². The SMILES string of the molecule is CCCCN(C)CC(C)c1nc(-c2cccc(N)c2)cs1. The summed E-state index contributed by atoms with van der Waals surface area (Å²) in [6.45, 7) is 6.71. The number of benzene rings is 1. The molecule has 0 spiro atoms. The fourth-order valence-corrected chi connectivity index (χ4v) is 3.29. The third-order valence-electron chi connectivity index (χ3n) is 3.60. The first-order valence-electron chi connectivity index (χ1n) is 7.60. The Morgan fingerprint density at radius 1 is 1.38 bits per heavy atom.